The van der Waals surface area contributed by atoms with E-state index in [0.29, 0.717) is 17.1 Å². The maximum Gasteiger partial charge on any atom is 0.258 e. The number of hydrogen-bond donors (Lipinski definition) is 0. The van der Waals surface area contributed by atoms with Crippen LogP contribution in [0.25, 0.3) is 0 Å². The van der Waals surface area contributed by atoms with E-state index in [1.165, 1.54) is 0 Å². The number of nitrogens with zero attached hydrogens (tertiary/aromatic N) is 3. The van der Waals surface area contributed by atoms with E-state index < -0.39 is 0 Å². The van der Waals surface area contributed by atoms with Gasteiger partial charge in [-0.2, -0.15) is 5.10 Å². The summed E-state index contributed by atoms with van der Waals surface area (Å²) in [5.41, 5.74) is 1.29. The lowest BCUT2D eigenvalue weighted by molar-refractivity contribution is 0.0992. The van der Waals surface area contributed by atoms with Crippen molar-refractivity contribution in [2.24, 2.45) is 7.05 Å². The molecule has 0 spiro atoms. The molecule has 1 aliphatic heterocycles. The van der Waals surface area contributed by atoms with Gasteiger partial charge in [0.1, 0.15) is 0 Å². The summed E-state index contributed by atoms with van der Waals surface area (Å²) in [6.45, 7) is 0.200. The zero-order valence-electron chi connectivity index (χ0n) is 10.7. The molecule has 2 aromatic rings. The van der Waals surface area contributed by atoms with Gasteiger partial charge in [0.15, 0.2) is 11.5 Å². The molecule has 1 aromatic carbocycles. The molecule has 1 aliphatic rings. The maximum absolute atomic E-state index is 12.3. The summed E-state index contributed by atoms with van der Waals surface area (Å²) in [5.74, 6) is 1.15. The first-order chi connectivity index (χ1) is 9.15. The zero-order chi connectivity index (χ0) is 13.4. The van der Waals surface area contributed by atoms with Crippen LogP contribution in [0.15, 0.2) is 30.6 Å². The number of hydrogen-bond acceptors (Lipinski definition) is 4. The smallest absolute Gasteiger partial charge is 0.258 e. The first-order valence-corrected chi connectivity index (χ1v) is 5.81. The fourth-order valence-electron chi connectivity index (χ4n) is 1.92. The minimum absolute atomic E-state index is 0.119. The van der Waals surface area contributed by atoms with Crippen LogP contribution >= 0.6 is 0 Å². The molecule has 0 aliphatic carbocycles. The number of carbonyl (C=O) groups excluding carboxylic acids is 1. The van der Waals surface area contributed by atoms with Crippen molar-refractivity contribution in [1.29, 1.82) is 0 Å². The number of carbonyl (C=O) groups is 1. The molecular weight excluding hydrogens is 246 g/mol. The van der Waals surface area contributed by atoms with Gasteiger partial charge in [-0.05, 0) is 18.2 Å². The summed E-state index contributed by atoms with van der Waals surface area (Å²) in [5, 5.41) is 4.05. The Bertz CT molecular complexity index is 636. The highest BCUT2D eigenvalue weighted by molar-refractivity contribution is 6.06. The summed E-state index contributed by atoms with van der Waals surface area (Å²) >= 11 is 0. The molecule has 0 bridgehead atoms. The van der Waals surface area contributed by atoms with E-state index in [2.05, 4.69) is 5.10 Å². The molecule has 0 N–H and O–H groups in total. The number of benzene rings is 1. The van der Waals surface area contributed by atoms with Crippen molar-refractivity contribution in [2.45, 2.75) is 0 Å². The van der Waals surface area contributed by atoms with Gasteiger partial charge >= 0.3 is 0 Å². The highest BCUT2D eigenvalue weighted by Gasteiger charge is 2.19. The third kappa shape index (κ3) is 2.01. The SMILES string of the molecule is CN(C(=O)c1ccc2c(c1)OCO2)c1cnn(C)c1. The van der Waals surface area contributed by atoms with Crippen LogP contribution in [0.5, 0.6) is 11.5 Å². The van der Waals surface area contributed by atoms with Crippen LogP contribution in [-0.4, -0.2) is 29.5 Å². The Balaban J connectivity index is 1.87. The Labute approximate surface area is 110 Å². The van der Waals surface area contributed by atoms with Crippen molar-refractivity contribution < 1.29 is 14.3 Å². The normalized spacial score (nSPS) is 12.5. The van der Waals surface area contributed by atoms with Crippen LogP contribution in [0.1, 0.15) is 10.4 Å². The highest BCUT2D eigenvalue weighted by Crippen LogP contribution is 2.33. The van der Waals surface area contributed by atoms with E-state index in [1.807, 2.05) is 7.05 Å². The van der Waals surface area contributed by atoms with Crippen LogP contribution in [0, 0.1) is 0 Å². The van der Waals surface area contributed by atoms with Gasteiger partial charge in [0, 0.05) is 25.9 Å². The van der Waals surface area contributed by atoms with Gasteiger partial charge in [0.05, 0.1) is 11.9 Å². The van der Waals surface area contributed by atoms with E-state index in [1.54, 1.807) is 47.2 Å². The van der Waals surface area contributed by atoms with E-state index in [0.717, 1.165) is 5.69 Å². The largest absolute Gasteiger partial charge is 0.454 e. The van der Waals surface area contributed by atoms with Gasteiger partial charge < -0.3 is 14.4 Å². The van der Waals surface area contributed by atoms with Gasteiger partial charge in [-0.25, -0.2) is 0 Å². The van der Waals surface area contributed by atoms with Crippen LogP contribution in [0.3, 0.4) is 0 Å². The predicted octanol–water partition coefficient (Wildman–Crippen LogP) is 1.43. The molecule has 19 heavy (non-hydrogen) atoms. The molecular formula is C13H13N3O3. The Kier molecular flexibility index (Phi) is 2.63. The molecule has 1 amide bonds. The topological polar surface area (TPSA) is 56.6 Å². The average molecular weight is 259 g/mol. The highest BCUT2D eigenvalue weighted by atomic mass is 16.7. The molecule has 0 radical (unpaired) electrons. The Morgan fingerprint density at radius 2 is 2.16 bits per heavy atom. The van der Waals surface area contributed by atoms with E-state index in [9.17, 15) is 4.79 Å². The maximum atomic E-state index is 12.3. The van der Waals surface area contributed by atoms with Gasteiger partial charge in [0.25, 0.3) is 5.91 Å². The van der Waals surface area contributed by atoms with Crippen molar-refractivity contribution in [1.82, 2.24) is 9.78 Å². The Morgan fingerprint density at radius 1 is 1.37 bits per heavy atom. The molecule has 0 saturated carbocycles. The summed E-state index contributed by atoms with van der Waals surface area (Å²) in [6, 6.07) is 5.16. The van der Waals surface area contributed by atoms with Crippen molar-refractivity contribution in [2.75, 3.05) is 18.7 Å². The third-order valence-corrected chi connectivity index (χ3v) is 3.00. The van der Waals surface area contributed by atoms with Crippen molar-refractivity contribution in [3.63, 3.8) is 0 Å². The monoisotopic (exact) mass is 259 g/mol. The molecule has 1 aromatic heterocycles. The molecule has 0 fully saturated rings. The second-order valence-electron chi connectivity index (χ2n) is 4.30. The number of amides is 1. The standard InChI is InChI=1S/C13H13N3O3/c1-15-7-10(6-14-15)16(2)13(17)9-3-4-11-12(5-9)19-8-18-11/h3-7H,8H2,1-2H3. The molecule has 0 atom stereocenters. The van der Waals surface area contributed by atoms with Crippen LogP contribution in [0.2, 0.25) is 0 Å². The second kappa shape index (κ2) is 4.31. The first-order valence-electron chi connectivity index (χ1n) is 5.81. The number of ether oxygens (including phenoxy) is 2. The molecule has 98 valence electrons. The van der Waals surface area contributed by atoms with Crippen molar-refractivity contribution in [3.05, 3.63) is 36.2 Å². The second-order valence-corrected chi connectivity index (χ2v) is 4.30. The van der Waals surface area contributed by atoms with Gasteiger partial charge in [-0.15, -0.1) is 0 Å². The summed E-state index contributed by atoms with van der Waals surface area (Å²) in [6.07, 6.45) is 3.43. The fourth-order valence-corrected chi connectivity index (χ4v) is 1.92. The minimum Gasteiger partial charge on any atom is -0.454 e. The number of fused-ring (bicyclic) bond motifs is 1. The fraction of sp³-hybridized carbons (Fsp3) is 0.231. The molecule has 0 unspecified atom stereocenters. The Hall–Kier alpha value is -2.50. The molecule has 6 heteroatoms. The van der Waals surface area contributed by atoms with Gasteiger partial charge in [-0.3, -0.25) is 9.48 Å². The number of aromatic nitrogens is 2. The van der Waals surface area contributed by atoms with Crippen LogP contribution < -0.4 is 14.4 Å². The van der Waals surface area contributed by atoms with Crippen molar-refractivity contribution in [3.8, 4) is 11.5 Å². The van der Waals surface area contributed by atoms with Crippen LogP contribution in [0.4, 0.5) is 5.69 Å². The Morgan fingerprint density at radius 3 is 2.89 bits per heavy atom. The molecule has 3 rings (SSSR count). The van der Waals surface area contributed by atoms with E-state index in [-0.39, 0.29) is 12.7 Å². The lowest BCUT2D eigenvalue weighted by atomic mass is 10.2. The number of anilines is 1. The number of rotatable bonds is 2. The van der Waals surface area contributed by atoms with E-state index in [4.69, 9.17) is 9.47 Å². The lowest BCUT2D eigenvalue weighted by Gasteiger charge is -2.15. The van der Waals surface area contributed by atoms with Gasteiger partial charge in [-0.1, -0.05) is 0 Å². The predicted molar refractivity (Wildman–Crippen MR) is 68.5 cm³/mol. The summed E-state index contributed by atoms with van der Waals surface area (Å²) < 4.78 is 12.1. The zero-order valence-corrected chi connectivity index (χ0v) is 10.7. The van der Waals surface area contributed by atoms with Crippen molar-refractivity contribution >= 4 is 11.6 Å². The minimum atomic E-state index is -0.119. The molecule has 2 heterocycles. The first kappa shape index (κ1) is 11.6. The summed E-state index contributed by atoms with van der Waals surface area (Å²) in [4.78, 5) is 13.9. The molecule has 0 saturated heterocycles. The lowest BCUT2D eigenvalue weighted by Crippen LogP contribution is -2.25. The van der Waals surface area contributed by atoms with E-state index >= 15 is 0 Å². The summed E-state index contributed by atoms with van der Waals surface area (Å²) in [7, 11) is 3.52. The van der Waals surface area contributed by atoms with Gasteiger partial charge in [0.2, 0.25) is 6.79 Å². The van der Waals surface area contributed by atoms with Crippen LogP contribution in [-0.2, 0) is 7.05 Å². The molecule has 6 nitrogen and oxygen atoms in total. The third-order valence-electron chi connectivity index (χ3n) is 3.00. The average Bonchev–Trinajstić information content (AvgIpc) is 3.04. The number of aryl methyl sites for hydroxylation is 1. The quantitative estimate of drug-likeness (QED) is 0.818.